The highest BCUT2D eigenvalue weighted by atomic mass is 16.5. The van der Waals surface area contributed by atoms with E-state index in [-0.39, 0.29) is 17.7 Å². The number of nitrogens with one attached hydrogen (secondary N) is 1. The van der Waals surface area contributed by atoms with Crippen molar-refractivity contribution in [3.05, 3.63) is 54.1 Å². The first-order valence-electron chi connectivity index (χ1n) is 11.7. The largest absolute Gasteiger partial charge is 0.497 e. The molecule has 2 aromatic carbocycles. The number of piperidine rings is 2. The maximum atomic E-state index is 12.9. The summed E-state index contributed by atoms with van der Waals surface area (Å²) in [4.78, 5) is 30.1. The molecule has 7 heteroatoms. The number of rotatable bonds is 6. The first-order chi connectivity index (χ1) is 16.1. The Morgan fingerprint density at radius 1 is 0.848 bits per heavy atom. The molecule has 0 spiro atoms. The van der Waals surface area contributed by atoms with Crippen molar-refractivity contribution in [1.82, 2.24) is 9.80 Å². The Kier molecular flexibility index (Phi) is 7.50. The zero-order chi connectivity index (χ0) is 23.2. The van der Waals surface area contributed by atoms with Gasteiger partial charge in [0.25, 0.3) is 5.91 Å². The van der Waals surface area contributed by atoms with Gasteiger partial charge in [-0.25, -0.2) is 0 Å². The van der Waals surface area contributed by atoms with Crippen LogP contribution < -0.4 is 14.8 Å². The second kappa shape index (κ2) is 10.7. The lowest BCUT2D eigenvalue weighted by Gasteiger charge is -2.41. The van der Waals surface area contributed by atoms with Gasteiger partial charge in [0.05, 0.1) is 19.8 Å². The summed E-state index contributed by atoms with van der Waals surface area (Å²) in [6, 6.07) is 15.3. The van der Waals surface area contributed by atoms with Crippen molar-refractivity contribution in [2.45, 2.75) is 31.7 Å². The number of carbonyl (C=O) groups is 2. The van der Waals surface area contributed by atoms with Crippen molar-refractivity contribution in [2.24, 2.45) is 5.92 Å². The van der Waals surface area contributed by atoms with Crippen LogP contribution in [0, 0.1) is 5.92 Å². The van der Waals surface area contributed by atoms with Crippen LogP contribution in [0.25, 0.3) is 0 Å². The van der Waals surface area contributed by atoms with Crippen LogP contribution in [0.1, 0.15) is 36.0 Å². The van der Waals surface area contributed by atoms with E-state index >= 15 is 0 Å². The van der Waals surface area contributed by atoms with E-state index in [1.54, 1.807) is 14.2 Å². The van der Waals surface area contributed by atoms with Gasteiger partial charge >= 0.3 is 0 Å². The average Bonchev–Trinajstić information content (AvgIpc) is 2.89. The van der Waals surface area contributed by atoms with Crippen molar-refractivity contribution < 1.29 is 19.1 Å². The molecule has 176 valence electrons. The fourth-order valence-corrected chi connectivity index (χ4v) is 4.87. The number of ether oxygens (including phenoxy) is 2. The highest BCUT2D eigenvalue weighted by Gasteiger charge is 2.32. The van der Waals surface area contributed by atoms with Gasteiger partial charge in [0.2, 0.25) is 5.91 Å². The van der Waals surface area contributed by atoms with Gasteiger partial charge in [0.15, 0.2) is 0 Å². The predicted octanol–water partition coefficient (Wildman–Crippen LogP) is 3.66. The second-order valence-corrected chi connectivity index (χ2v) is 8.75. The molecule has 2 amide bonds. The number of benzene rings is 2. The number of likely N-dealkylation sites (tertiary alicyclic amines) is 2. The third-order valence-corrected chi connectivity index (χ3v) is 6.86. The predicted molar refractivity (Wildman–Crippen MR) is 128 cm³/mol. The molecule has 2 aromatic rings. The molecule has 0 aliphatic carbocycles. The maximum Gasteiger partial charge on any atom is 0.257 e. The van der Waals surface area contributed by atoms with Crippen LogP contribution in [0.15, 0.2) is 48.5 Å². The summed E-state index contributed by atoms with van der Waals surface area (Å²) < 4.78 is 10.5. The molecule has 2 fully saturated rings. The van der Waals surface area contributed by atoms with Crippen LogP contribution in [0.5, 0.6) is 11.5 Å². The first-order valence-corrected chi connectivity index (χ1v) is 11.7. The molecule has 4 rings (SSSR count). The van der Waals surface area contributed by atoms with E-state index in [0.29, 0.717) is 17.4 Å². The fourth-order valence-electron chi connectivity index (χ4n) is 4.87. The SMILES string of the molecule is COc1ccc(NC(=O)C2CCN(C3CCN(C(=O)c4ccccc4OC)CC3)CC2)cc1. The Hall–Kier alpha value is -3.06. The lowest BCUT2D eigenvalue weighted by atomic mass is 9.92. The number of hydrogen-bond donors (Lipinski definition) is 1. The summed E-state index contributed by atoms with van der Waals surface area (Å²) >= 11 is 0. The van der Waals surface area contributed by atoms with E-state index in [2.05, 4.69) is 10.2 Å². The Bertz CT molecular complexity index is 946. The highest BCUT2D eigenvalue weighted by molar-refractivity contribution is 5.97. The standard InChI is InChI=1S/C26H33N3O4/c1-32-22-9-7-20(8-10-22)27-25(30)19-11-15-28(16-12-19)21-13-17-29(18-14-21)26(31)23-5-3-4-6-24(23)33-2/h3-10,19,21H,11-18H2,1-2H3,(H,27,30). The van der Waals surface area contributed by atoms with E-state index in [4.69, 9.17) is 9.47 Å². The Morgan fingerprint density at radius 2 is 1.52 bits per heavy atom. The van der Waals surface area contributed by atoms with Crippen LogP contribution in [-0.4, -0.2) is 68.1 Å². The molecule has 7 nitrogen and oxygen atoms in total. The molecule has 2 saturated heterocycles. The minimum absolute atomic E-state index is 0.0376. The fraction of sp³-hybridized carbons (Fsp3) is 0.462. The number of carbonyl (C=O) groups excluding carboxylic acids is 2. The number of nitrogens with zero attached hydrogens (tertiary/aromatic N) is 2. The number of anilines is 1. The van der Waals surface area contributed by atoms with Crippen LogP contribution in [0.3, 0.4) is 0 Å². The number of amides is 2. The summed E-state index contributed by atoms with van der Waals surface area (Å²) in [5.74, 6) is 1.57. The highest BCUT2D eigenvalue weighted by Crippen LogP contribution is 2.27. The second-order valence-electron chi connectivity index (χ2n) is 8.75. The molecule has 0 aromatic heterocycles. The van der Waals surface area contributed by atoms with Gasteiger partial charge in [-0.15, -0.1) is 0 Å². The maximum absolute atomic E-state index is 12.9. The molecule has 0 unspecified atom stereocenters. The molecule has 0 saturated carbocycles. The van der Waals surface area contributed by atoms with Crippen molar-refractivity contribution in [3.8, 4) is 11.5 Å². The molecule has 2 aliphatic heterocycles. The van der Waals surface area contributed by atoms with Gasteiger partial charge in [-0.2, -0.15) is 0 Å². The van der Waals surface area contributed by atoms with Gasteiger partial charge in [0, 0.05) is 30.7 Å². The topological polar surface area (TPSA) is 71.1 Å². The third kappa shape index (κ3) is 5.47. The minimum Gasteiger partial charge on any atom is -0.497 e. The Labute approximate surface area is 195 Å². The van der Waals surface area contributed by atoms with Crippen LogP contribution in [-0.2, 0) is 4.79 Å². The third-order valence-electron chi connectivity index (χ3n) is 6.86. The molecule has 33 heavy (non-hydrogen) atoms. The summed E-state index contributed by atoms with van der Waals surface area (Å²) in [5.41, 5.74) is 1.43. The van der Waals surface area contributed by atoms with Crippen LogP contribution in [0.4, 0.5) is 5.69 Å². The van der Waals surface area contributed by atoms with Gasteiger partial charge < -0.3 is 24.6 Å². The smallest absolute Gasteiger partial charge is 0.257 e. The summed E-state index contributed by atoms with van der Waals surface area (Å²) in [6.07, 6.45) is 3.65. The molecule has 0 radical (unpaired) electrons. The normalized spacial score (nSPS) is 18.1. The minimum atomic E-state index is 0.0376. The molecular formula is C26H33N3O4. The average molecular weight is 452 g/mol. The van der Waals surface area contributed by atoms with Crippen molar-refractivity contribution in [3.63, 3.8) is 0 Å². The first kappa shape index (κ1) is 23.1. The summed E-state index contributed by atoms with van der Waals surface area (Å²) in [5, 5.41) is 3.03. The number of methoxy groups -OCH3 is 2. The van der Waals surface area contributed by atoms with Gasteiger partial charge in [0.1, 0.15) is 11.5 Å². The zero-order valence-corrected chi connectivity index (χ0v) is 19.5. The van der Waals surface area contributed by atoms with Gasteiger partial charge in [-0.1, -0.05) is 12.1 Å². The van der Waals surface area contributed by atoms with Gasteiger partial charge in [-0.05, 0) is 75.2 Å². The van der Waals surface area contributed by atoms with Crippen LogP contribution in [0.2, 0.25) is 0 Å². The molecule has 2 aliphatic rings. The van der Waals surface area contributed by atoms with Crippen molar-refractivity contribution in [2.75, 3.05) is 45.7 Å². The van der Waals surface area contributed by atoms with E-state index in [9.17, 15) is 9.59 Å². The quantitative estimate of drug-likeness (QED) is 0.726. The lowest BCUT2D eigenvalue weighted by Crippen LogP contribution is -2.49. The monoisotopic (exact) mass is 451 g/mol. The number of para-hydroxylation sites is 1. The van der Waals surface area contributed by atoms with Gasteiger partial charge in [-0.3, -0.25) is 9.59 Å². The van der Waals surface area contributed by atoms with E-state index in [1.165, 1.54) is 0 Å². The Morgan fingerprint density at radius 3 is 2.15 bits per heavy atom. The zero-order valence-electron chi connectivity index (χ0n) is 19.5. The molecule has 0 atom stereocenters. The molecular weight excluding hydrogens is 418 g/mol. The molecule has 0 bridgehead atoms. The van der Waals surface area contributed by atoms with E-state index in [0.717, 1.165) is 63.3 Å². The Balaban J connectivity index is 1.23. The van der Waals surface area contributed by atoms with E-state index < -0.39 is 0 Å². The lowest BCUT2D eigenvalue weighted by molar-refractivity contribution is -0.121. The molecule has 1 N–H and O–H groups in total. The summed E-state index contributed by atoms with van der Waals surface area (Å²) in [6.45, 7) is 3.34. The van der Waals surface area contributed by atoms with Crippen LogP contribution >= 0.6 is 0 Å². The van der Waals surface area contributed by atoms with Crippen molar-refractivity contribution >= 4 is 17.5 Å². The summed E-state index contributed by atoms with van der Waals surface area (Å²) in [7, 11) is 3.22. The molecule has 2 heterocycles. The van der Waals surface area contributed by atoms with Crippen molar-refractivity contribution in [1.29, 1.82) is 0 Å². The van der Waals surface area contributed by atoms with E-state index in [1.807, 2.05) is 53.4 Å². The number of hydrogen-bond acceptors (Lipinski definition) is 5.